The van der Waals surface area contributed by atoms with Crippen LogP contribution in [0.1, 0.15) is 18.6 Å². The fourth-order valence-corrected chi connectivity index (χ4v) is 4.77. The minimum Gasteiger partial charge on any atom is -0.387 e. The Morgan fingerprint density at radius 2 is 1.83 bits per heavy atom. The molecule has 1 N–H and O–H groups in total. The molecule has 0 radical (unpaired) electrons. The molecule has 0 spiro atoms. The summed E-state index contributed by atoms with van der Waals surface area (Å²) >= 11 is 3.23. The highest BCUT2D eigenvalue weighted by atomic mass is 32.2. The first-order valence-electron chi connectivity index (χ1n) is 5.57. The molecular weight excluding hydrogens is 281 g/mol. The van der Waals surface area contributed by atoms with E-state index in [4.69, 9.17) is 0 Å². The Hall–Kier alpha value is -0.330. The summed E-state index contributed by atoms with van der Waals surface area (Å²) in [6.07, 6.45) is -1.12. The Bertz CT molecular complexity index is 442. The van der Waals surface area contributed by atoms with E-state index >= 15 is 0 Å². The summed E-state index contributed by atoms with van der Waals surface area (Å²) in [6, 6.07) is 1.97. The summed E-state index contributed by atoms with van der Waals surface area (Å²) < 4.78 is 39.6. The van der Waals surface area contributed by atoms with Gasteiger partial charge in [-0.25, -0.2) is 13.2 Å². The molecule has 1 aromatic rings. The van der Waals surface area contributed by atoms with Crippen LogP contribution in [0.25, 0.3) is 0 Å². The summed E-state index contributed by atoms with van der Waals surface area (Å²) in [5.41, 5.74) is -0.166. The van der Waals surface area contributed by atoms with E-state index < -0.39 is 23.6 Å². The average Bonchev–Trinajstić information content (AvgIpc) is 2.36. The Morgan fingerprint density at radius 3 is 2.50 bits per heavy atom. The van der Waals surface area contributed by atoms with Crippen LogP contribution in [0.15, 0.2) is 12.1 Å². The molecule has 1 heterocycles. The van der Waals surface area contributed by atoms with Crippen LogP contribution in [0.2, 0.25) is 0 Å². The molecule has 0 aromatic heterocycles. The van der Waals surface area contributed by atoms with Crippen molar-refractivity contribution in [2.45, 2.75) is 23.5 Å². The van der Waals surface area contributed by atoms with E-state index in [1.165, 1.54) is 11.8 Å². The van der Waals surface area contributed by atoms with Crippen LogP contribution in [0.5, 0.6) is 0 Å². The molecule has 100 valence electrons. The lowest BCUT2D eigenvalue weighted by molar-refractivity contribution is 0.167. The van der Waals surface area contributed by atoms with Crippen molar-refractivity contribution in [3.05, 3.63) is 35.1 Å². The number of hydrogen-bond donors (Lipinski definition) is 1. The van der Waals surface area contributed by atoms with Gasteiger partial charge in [0.05, 0.1) is 6.10 Å². The largest absolute Gasteiger partial charge is 0.387 e. The van der Waals surface area contributed by atoms with Crippen molar-refractivity contribution in [1.82, 2.24) is 0 Å². The zero-order chi connectivity index (χ0) is 13.3. The first-order valence-corrected chi connectivity index (χ1v) is 7.66. The van der Waals surface area contributed by atoms with Gasteiger partial charge in [-0.2, -0.15) is 23.5 Å². The number of aliphatic hydroxyl groups excluding tert-OH is 1. The summed E-state index contributed by atoms with van der Waals surface area (Å²) in [5.74, 6) is -2.20. The number of aliphatic hydroxyl groups is 1. The number of hydrogen-bond acceptors (Lipinski definition) is 3. The van der Waals surface area contributed by atoms with E-state index in [2.05, 4.69) is 0 Å². The van der Waals surface area contributed by atoms with Crippen LogP contribution >= 0.6 is 23.5 Å². The molecule has 0 aliphatic carbocycles. The molecule has 3 atom stereocenters. The van der Waals surface area contributed by atoms with Crippen LogP contribution in [-0.2, 0) is 0 Å². The van der Waals surface area contributed by atoms with E-state index in [-0.39, 0.29) is 16.1 Å². The van der Waals surface area contributed by atoms with Crippen molar-refractivity contribution in [2.75, 3.05) is 11.5 Å². The second-order valence-electron chi connectivity index (χ2n) is 4.12. The van der Waals surface area contributed by atoms with E-state index in [0.29, 0.717) is 0 Å². The second-order valence-corrected chi connectivity index (χ2v) is 6.89. The standard InChI is InChI=1S/C12H13F3OS2/c1-6-12(18-5-4-17-6)11(16)7-2-3-8(13)10(15)9(7)14/h2-3,6,11-12,16H,4-5H2,1H3. The van der Waals surface area contributed by atoms with E-state index in [1.807, 2.05) is 6.92 Å². The molecule has 1 saturated heterocycles. The van der Waals surface area contributed by atoms with Gasteiger partial charge in [-0.1, -0.05) is 13.0 Å². The minimum absolute atomic E-state index is 0.145. The molecule has 1 nitrogen and oxygen atoms in total. The first kappa shape index (κ1) is 14.1. The fourth-order valence-electron chi connectivity index (χ4n) is 1.94. The quantitative estimate of drug-likeness (QED) is 0.845. The topological polar surface area (TPSA) is 20.2 Å². The molecule has 1 aliphatic heterocycles. The monoisotopic (exact) mass is 294 g/mol. The Balaban J connectivity index is 2.28. The highest BCUT2D eigenvalue weighted by Crippen LogP contribution is 2.39. The molecule has 18 heavy (non-hydrogen) atoms. The van der Waals surface area contributed by atoms with Crippen LogP contribution in [0.4, 0.5) is 13.2 Å². The first-order chi connectivity index (χ1) is 8.52. The van der Waals surface area contributed by atoms with Gasteiger partial charge in [0.2, 0.25) is 0 Å². The average molecular weight is 294 g/mol. The lowest BCUT2D eigenvalue weighted by Crippen LogP contribution is -2.30. The molecule has 6 heteroatoms. The molecule has 2 rings (SSSR count). The van der Waals surface area contributed by atoms with Gasteiger partial charge < -0.3 is 5.11 Å². The predicted molar refractivity (Wildman–Crippen MR) is 69.4 cm³/mol. The number of rotatable bonds is 2. The second kappa shape index (κ2) is 5.75. The van der Waals surface area contributed by atoms with Crippen molar-refractivity contribution in [3.63, 3.8) is 0 Å². The SMILES string of the molecule is CC1SCCSC1C(O)c1ccc(F)c(F)c1F. The van der Waals surface area contributed by atoms with Gasteiger partial charge in [0.15, 0.2) is 17.5 Å². The zero-order valence-electron chi connectivity index (χ0n) is 9.70. The molecular formula is C12H13F3OS2. The van der Waals surface area contributed by atoms with Crippen molar-refractivity contribution in [3.8, 4) is 0 Å². The van der Waals surface area contributed by atoms with Crippen molar-refractivity contribution < 1.29 is 18.3 Å². The molecule has 1 fully saturated rings. The van der Waals surface area contributed by atoms with Gasteiger partial charge in [-0.05, 0) is 6.07 Å². The van der Waals surface area contributed by atoms with Crippen molar-refractivity contribution in [2.24, 2.45) is 0 Å². The number of benzene rings is 1. The number of thioether (sulfide) groups is 2. The van der Waals surface area contributed by atoms with Gasteiger partial charge in [0, 0.05) is 27.6 Å². The Labute approximate surface area is 112 Å². The maximum absolute atomic E-state index is 13.6. The third-order valence-electron chi connectivity index (χ3n) is 2.93. The van der Waals surface area contributed by atoms with E-state index in [9.17, 15) is 18.3 Å². The van der Waals surface area contributed by atoms with Gasteiger partial charge >= 0.3 is 0 Å². The summed E-state index contributed by atoms with van der Waals surface area (Å²) in [6.45, 7) is 1.95. The molecule has 0 bridgehead atoms. The summed E-state index contributed by atoms with van der Waals surface area (Å²) in [7, 11) is 0. The summed E-state index contributed by atoms with van der Waals surface area (Å²) in [4.78, 5) is 0. The Kier molecular flexibility index (Phi) is 4.50. The maximum atomic E-state index is 13.6. The van der Waals surface area contributed by atoms with Crippen molar-refractivity contribution >= 4 is 23.5 Å². The molecule has 0 saturated carbocycles. The third-order valence-corrected chi connectivity index (χ3v) is 6.11. The molecule has 0 amide bonds. The lowest BCUT2D eigenvalue weighted by atomic mass is 10.0. The minimum atomic E-state index is -1.52. The van der Waals surface area contributed by atoms with Gasteiger partial charge in [-0.15, -0.1) is 0 Å². The maximum Gasteiger partial charge on any atom is 0.194 e. The van der Waals surface area contributed by atoms with E-state index in [0.717, 1.165) is 23.6 Å². The smallest absolute Gasteiger partial charge is 0.194 e. The van der Waals surface area contributed by atoms with Gasteiger partial charge in [0.25, 0.3) is 0 Å². The molecule has 3 unspecified atom stereocenters. The molecule has 1 aromatic carbocycles. The highest BCUT2D eigenvalue weighted by molar-refractivity contribution is 8.07. The van der Waals surface area contributed by atoms with Crippen LogP contribution in [-0.4, -0.2) is 27.1 Å². The number of halogens is 3. The Morgan fingerprint density at radius 1 is 1.17 bits per heavy atom. The van der Waals surface area contributed by atoms with Crippen LogP contribution < -0.4 is 0 Å². The van der Waals surface area contributed by atoms with Gasteiger partial charge in [-0.3, -0.25) is 0 Å². The third kappa shape index (κ3) is 2.65. The lowest BCUT2D eigenvalue weighted by Gasteiger charge is -2.31. The molecule has 1 aliphatic rings. The van der Waals surface area contributed by atoms with Crippen molar-refractivity contribution in [1.29, 1.82) is 0 Å². The predicted octanol–water partition coefficient (Wildman–Crippen LogP) is 3.37. The highest BCUT2D eigenvalue weighted by Gasteiger charge is 2.32. The summed E-state index contributed by atoms with van der Waals surface area (Å²) in [5, 5.41) is 10.1. The van der Waals surface area contributed by atoms with Crippen LogP contribution in [0.3, 0.4) is 0 Å². The van der Waals surface area contributed by atoms with E-state index in [1.54, 1.807) is 11.8 Å². The van der Waals surface area contributed by atoms with Crippen LogP contribution in [0, 0.1) is 17.5 Å². The normalized spacial score (nSPS) is 26.1. The van der Waals surface area contributed by atoms with Gasteiger partial charge in [0.1, 0.15) is 0 Å². The zero-order valence-corrected chi connectivity index (χ0v) is 11.3. The fraction of sp³-hybridized carbons (Fsp3) is 0.500.